The van der Waals surface area contributed by atoms with Crippen LogP contribution in [0.4, 0.5) is 0 Å². The molecule has 1 fully saturated rings. The summed E-state index contributed by atoms with van der Waals surface area (Å²) in [5, 5.41) is 0.810. The quantitative estimate of drug-likeness (QED) is 0.772. The average Bonchev–Trinajstić information content (AvgIpc) is 3.10. The minimum atomic E-state index is -0.0560. The molecular formula is C15H19ClO2. The molecule has 0 heterocycles. The Labute approximate surface area is 113 Å². The zero-order chi connectivity index (χ0) is 13.3. The molecule has 0 amide bonds. The summed E-state index contributed by atoms with van der Waals surface area (Å²) in [6, 6.07) is 6.17. The van der Waals surface area contributed by atoms with Crippen molar-refractivity contribution in [2.75, 3.05) is 7.11 Å². The number of esters is 1. The van der Waals surface area contributed by atoms with Gasteiger partial charge in [-0.2, -0.15) is 0 Å². The first-order valence-electron chi connectivity index (χ1n) is 6.36. The van der Waals surface area contributed by atoms with E-state index < -0.39 is 0 Å². The molecule has 2 nitrogen and oxygen atoms in total. The maximum absolute atomic E-state index is 11.4. The van der Waals surface area contributed by atoms with E-state index in [0.717, 1.165) is 23.4 Å². The molecule has 0 N–H and O–H groups in total. The van der Waals surface area contributed by atoms with E-state index in [1.54, 1.807) is 0 Å². The molecule has 1 aliphatic carbocycles. The lowest BCUT2D eigenvalue weighted by molar-refractivity contribution is -0.142. The van der Waals surface area contributed by atoms with Gasteiger partial charge in [-0.05, 0) is 48.8 Å². The van der Waals surface area contributed by atoms with Gasteiger partial charge in [0.15, 0.2) is 0 Å². The number of rotatable bonds is 4. The van der Waals surface area contributed by atoms with Crippen LogP contribution in [0.5, 0.6) is 0 Å². The molecular weight excluding hydrogens is 248 g/mol. The fraction of sp³-hybridized carbons (Fsp3) is 0.533. The number of benzene rings is 1. The maximum atomic E-state index is 11.4. The van der Waals surface area contributed by atoms with Crippen molar-refractivity contribution in [1.29, 1.82) is 0 Å². The van der Waals surface area contributed by atoms with E-state index in [1.807, 2.05) is 13.0 Å². The normalized spacial score (nSPS) is 23.6. The van der Waals surface area contributed by atoms with Crippen LogP contribution in [0, 0.1) is 18.8 Å². The molecule has 3 heteroatoms. The number of hydrogen-bond acceptors (Lipinski definition) is 2. The largest absolute Gasteiger partial charge is 0.469 e. The van der Waals surface area contributed by atoms with E-state index in [9.17, 15) is 4.79 Å². The Hall–Kier alpha value is -1.02. The third-order valence-corrected chi connectivity index (χ3v) is 4.26. The fourth-order valence-corrected chi connectivity index (χ4v) is 2.63. The van der Waals surface area contributed by atoms with Gasteiger partial charge in [-0.25, -0.2) is 0 Å². The third-order valence-electron chi connectivity index (χ3n) is 3.83. The maximum Gasteiger partial charge on any atom is 0.308 e. The van der Waals surface area contributed by atoms with Gasteiger partial charge in [0.2, 0.25) is 0 Å². The first-order valence-corrected chi connectivity index (χ1v) is 6.74. The number of halogens is 1. The second-order valence-corrected chi connectivity index (χ2v) is 5.68. The van der Waals surface area contributed by atoms with E-state index in [2.05, 4.69) is 19.1 Å². The summed E-state index contributed by atoms with van der Waals surface area (Å²) in [5.41, 5.74) is 2.41. The van der Waals surface area contributed by atoms with Gasteiger partial charge in [0.25, 0.3) is 0 Å². The number of hydrogen-bond donors (Lipinski definition) is 0. The molecule has 3 unspecified atom stereocenters. The predicted molar refractivity (Wildman–Crippen MR) is 72.8 cm³/mol. The third kappa shape index (κ3) is 2.86. The van der Waals surface area contributed by atoms with Crippen LogP contribution in [-0.4, -0.2) is 13.1 Å². The van der Waals surface area contributed by atoms with Crippen LogP contribution in [0.3, 0.4) is 0 Å². The second-order valence-electron chi connectivity index (χ2n) is 5.27. The van der Waals surface area contributed by atoms with E-state index in [-0.39, 0.29) is 11.9 Å². The molecule has 3 atom stereocenters. The molecule has 0 radical (unpaired) electrons. The highest BCUT2D eigenvalue weighted by Crippen LogP contribution is 2.45. The van der Waals surface area contributed by atoms with E-state index in [4.69, 9.17) is 16.3 Å². The SMILES string of the molecule is COC(=O)C1CC1CC(C)c1ccc(Cl)c(C)c1. The molecule has 0 aliphatic heterocycles. The first kappa shape index (κ1) is 13.4. The van der Waals surface area contributed by atoms with Crippen molar-refractivity contribution >= 4 is 17.6 Å². The predicted octanol–water partition coefficient (Wildman–Crippen LogP) is 3.95. The van der Waals surface area contributed by atoms with Gasteiger partial charge >= 0.3 is 5.97 Å². The van der Waals surface area contributed by atoms with Gasteiger partial charge in [-0.15, -0.1) is 0 Å². The molecule has 2 rings (SSSR count). The van der Waals surface area contributed by atoms with Gasteiger partial charge in [0, 0.05) is 5.02 Å². The van der Waals surface area contributed by atoms with Crippen LogP contribution in [0.25, 0.3) is 0 Å². The molecule has 0 saturated heterocycles. The van der Waals surface area contributed by atoms with Crippen LogP contribution in [0.1, 0.15) is 36.8 Å². The van der Waals surface area contributed by atoms with Gasteiger partial charge in [0.05, 0.1) is 13.0 Å². The summed E-state index contributed by atoms with van der Waals surface area (Å²) in [6.07, 6.45) is 2.02. The highest BCUT2D eigenvalue weighted by Gasteiger charge is 2.44. The molecule has 0 bridgehead atoms. The summed E-state index contributed by atoms with van der Waals surface area (Å²) in [5.74, 6) is 1.02. The Balaban J connectivity index is 1.95. The van der Waals surface area contributed by atoms with Gasteiger partial charge in [-0.3, -0.25) is 4.79 Å². The molecule has 1 aliphatic rings. The number of aryl methyl sites for hydroxylation is 1. The summed E-state index contributed by atoms with van der Waals surface area (Å²) < 4.78 is 4.77. The van der Waals surface area contributed by atoms with Crippen molar-refractivity contribution < 1.29 is 9.53 Å². The van der Waals surface area contributed by atoms with Crippen LogP contribution in [0.2, 0.25) is 5.02 Å². The van der Waals surface area contributed by atoms with Crippen molar-refractivity contribution in [3.05, 3.63) is 34.3 Å². The Kier molecular flexibility index (Phi) is 3.96. The molecule has 1 aromatic rings. The van der Waals surface area contributed by atoms with Crippen LogP contribution >= 0.6 is 11.6 Å². The number of carbonyl (C=O) groups excluding carboxylic acids is 1. The first-order chi connectivity index (χ1) is 8.52. The number of carbonyl (C=O) groups is 1. The van der Waals surface area contributed by atoms with E-state index in [0.29, 0.717) is 11.8 Å². The van der Waals surface area contributed by atoms with E-state index in [1.165, 1.54) is 12.7 Å². The summed E-state index contributed by atoms with van der Waals surface area (Å²) in [4.78, 5) is 11.4. The van der Waals surface area contributed by atoms with E-state index >= 15 is 0 Å². The summed E-state index contributed by atoms with van der Waals surface area (Å²) in [7, 11) is 1.46. The lowest BCUT2D eigenvalue weighted by atomic mass is 9.94. The zero-order valence-corrected chi connectivity index (χ0v) is 11.8. The molecule has 18 heavy (non-hydrogen) atoms. The molecule has 1 aromatic carbocycles. The number of methoxy groups -OCH3 is 1. The lowest BCUT2D eigenvalue weighted by Crippen LogP contribution is -2.05. The Morgan fingerprint density at radius 3 is 2.89 bits per heavy atom. The fourth-order valence-electron chi connectivity index (χ4n) is 2.51. The Bertz CT molecular complexity index is 456. The Morgan fingerprint density at radius 2 is 2.28 bits per heavy atom. The lowest BCUT2D eigenvalue weighted by Gasteiger charge is -2.13. The van der Waals surface area contributed by atoms with Crippen LogP contribution in [0.15, 0.2) is 18.2 Å². The molecule has 1 saturated carbocycles. The smallest absolute Gasteiger partial charge is 0.308 e. The monoisotopic (exact) mass is 266 g/mol. The van der Waals surface area contributed by atoms with Crippen LogP contribution < -0.4 is 0 Å². The minimum Gasteiger partial charge on any atom is -0.469 e. The van der Waals surface area contributed by atoms with Crippen molar-refractivity contribution in [1.82, 2.24) is 0 Å². The summed E-state index contributed by atoms with van der Waals surface area (Å²) in [6.45, 7) is 4.22. The zero-order valence-electron chi connectivity index (χ0n) is 11.1. The molecule has 0 spiro atoms. The molecule has 0 aromatic heterocycles. The Morgan fingerprint density at radius 1 is 1.56 bits per heavy atom. The van der Waals surface area contributed by atoms with Gasteiger partial charge in [0.1, 0.15) is 0 Å². The van der Waals surface area contributed by atoms with Crippen LogP contribution in [-0.2, 0) is 9.53 Å². The highest BCUT2D eigenvalue weighted by molar-refractivity contribution is 6.31. The highest BCUT2D eigenvalue weighted by atomic mass is 35.5. The summed E-state index contributed by atoms with van der Waals surface area (Å²) >= 11 is 6.03. The molecule has 98 valence electrons. The van der Waals surface area contributed by atoms with Crippen molar-refractivity contribution in [3.8, 4) is 0 Å². The van der Waals surface area contributed by atoms with Crippen molar-refractivity contribution in [3.63, 3.8) is 0 Å². The minimum absolute atomic E-state index is 0.0560. The standard InChI is InChI=1S/C15H19ClO2/c1-9(6-12-8-13(12)15(17)18-3)11-4-5-14(16)10(2)7-11/h4-5,7,9,12-13H,6,8H2,1-3H3. The topological polar surface area (TPSA) is 26.3 Å². The van der Waals surface area contributed by atoms with Crippen molar-refractivity contribution in [2.45, 2.75) is 32.6 Å². The second kappa shape index (κ2) is 5.31. The number of ether oxygens (including phenoxy) is 1. The average molecular weight is 267 g/mol. The van der Waals surface area contributed by atoms with Crippen molar-refractivity contribution in [2.24, 2.45) is 11.8 Å². The van der Waals surface area contributed by atoms with Gasteiger partial charge in [-0.1, -0.05) is 30.7 Å². The van der Waals surface area contributed by atoms with Gasteiger partial charge < -0.3 is 4.74 Å².